The zero-order chi connectivity index (χ0) is 16.7. The zero-order valence-corrected chi connectivity index (χ0v) is 13.9. The van der Waals surface area contributed by atoms with E-state index in [4.69, 9.17) is 0 Å². The van der Waals surface area contributed by atoms with Crippen molar-refractivity contribution >= 4 is 25.9 Å². The van der Waals surface area contributed by atoms with Crippen LogP contribution in [0.3, 0.4) is 0 Å². The molecule has 0 aliphatic rings. The number of anilines is 1. The molecule has 0 unspecified atom stereocenters. The van der Waals surface area contributed by atoms with E-state index in [-0.39, 0.29) is 0 Å². The van der Waals surface area contributed by atoms with Crippen molar-refractivity contribution in [2.45, 2.75) is 11.0 Å². The molecule has 1 aromatic heterocycles. The Morgan fingerprint density at radius 1 is 0.955 bits per heavy atom. The summed E-state index contributed by atoms with van der Waals surface area (Å²) in [4.78, 5) is 2.85. The molecule has 6 nitrogen and oxygen atoms in total. The minimum absolute atomic E-state index is 0. The second-order valence-electron chi connectivity index (χ2n) is 3.22. The van der Waals surface area contributed by atoms with Gasteiger partial charge in [-0.2, -0.15) is 49.2 Å². The molecule has 15 heteroatoms. The van der Waals surface area contributed by atoms with E-state index in [1.165, 1.54) is 0 Å². The van der Waals surface area contributed by atoms with Gasteiger partial charge in [-0.05, 0) is 0 Å². The third kappa shape index (κ3) is 3.03. The molecule has 0 saturated heterocycles. The molecule has 0 fully saturated rings. The van der Waals surface area contributed by atoms with Crippen LogP contribution < -0.4 is 3.71 Å². The summed E-state index contributed by atoms with van der Waals surface area (Å²) in [7, 11) is -13.8. The van der Waals surface area contributed by atoms with Crippen molar-refractivity contribution in [2.75, 3.05) is 3.71 Å². The zero-order valence-electron chi connectivity index (χ0n) is 9.66. The van der Waals surface area contributed by atoms with E-state index in [0.29, 0.717) is 18.3 Å². The van der Waals surface area contributed by atoms with Crippen LogP contribution in [0, 0.1) is 6.07 Å². The van der Waals surface area contributed by atoms with E-state index < -0.39 is 40.6 Å². The average Bonchev–Trinajstić information content (AvgIpc) is 2.26. The van der Waals surface area contributed by atoms with Crippen molar-refractivity contribution in [3.05, 3.63) is 24.4 Å². The fourth-order valence-electron chi connectivity index (χ4n) is 0.984. The molecule has 0 saturated carbocycles. The van der Waals surface area contributed by atoms with Gasteiger partial charge in [-0.25, -0.2) is 12.1 Å². The van der Waals surface area contributed by atoms with Crippen molar-refractivity contribution in [1.29, 1.82) is 0 Å². The Morgan fingerprint density at radius 3 is 1.64 bits per heavy atom. The van der Waals surface area contributed by atoms with Gasteiger partial charge in [0.25, 0.3) is 0 Å². The van der Waals surface area contributed by atoms with Crippen LogP contribution in [0.2, 0.25) is 0 Å². The van der Waals surface area contributed by atoms with Gasteiger partial charge in [-0.15, -0.1) is 3.71 Å². The molecule has 0 aliphatic heterocycles. The summed E-state index contributed by atoms with van der Waals surface area (Å²) >= 11 is 0. The fraction of sp³-hybridized carbons (Fsp3) is 0.286. The third-order valence-electron chi connectivity index (χ3n) is 1.81. The molecule has 1 aromatic rings. The van der Waals surface area contributed by atoms with Gasteiger partial charge in [-0.1, -0.05) is 6.20 Å². The summed E-state index contributed by atoms with van der Waals surface area (Å²) in [5.41, 5.74) is -12.6. The molecule has 130 valence electrons. The van der Waals surface area contributed by atoms with E-state index in [1.54, 1.807) is 0 Å². The molecule has 0 aromatic carbocycles. The molecule has 22 heavy (non-hydrogen) atoms. The van der Waals surface area contributed by atoms with Gasteiger partial charge in [0.15, 0.2) is 0 Å². The number of hydrogen-bond acceptors (Lipinski definition) is 5. The molecule has 0 N–H and O–H groups in total. The summed E-state index contributed by atoms with van der Waals surface area (Å²) in [5.74, 6) is -1.59. The first-order valence-corrected chi connectivity index (χ1v) is 7.36. The number of halogens is 6. The van der Waals surface area contributed by atoms with Crippen LogP contribution in [0.25, 0.3) is 0 Å². The Labute approximate surface area is 114 Å². The molecule has 0 atom stereocenters. The van der Waals surface area contributed by atoms with Crippen molar-refractivity contribution < 1.29 is 43.2 Å². The van der Waals surface area contributed by atoms with Gasteiger partial charge in [-0.3, -0.25) is 4.98 Å². The quantitative estimate of drug-likeness (QED) is 0.383. The van der Waals surface area contributed by atoms with Crippen LogP contribution >= 0.6 is 0 Å². The maximum absolute atomic E-state index is 12.4. The largest absolute Gasteiger partial charge is 0.517 e. The van der Waals surface area contributed by atoms with Crippen LogP contribution in [0.4, 0.5) is 32.2 Å². The molecule has 0 spiro atoms. The number of aromatic nitrogens is 1. The second kappa shape index (κ2) is 5.32. The van der Waals surface area contributed by atoms with Crippen molar-refractivity contribution in [3.8, 4) is 0 Å². The van der Waals surface area contributed by atoms with Crippen molar-refractivity contribution in [1.82, 2.24) is 4.98 Å². The maximum atomic E-state index is 12.4. The number of hydrogen-bond donors (Lipinski definition) is 0. The van der Waals surface area contributed by atoms with Gasteiger partial charge in [0.1, 0.15) is 0 Å². The standard InChI is InChI=1S/C7H3F6N2O4S2.Cf/c8-6(9,10)20(16,17)15(5-3-1-2-4-14-5)21(18,19)7(11,12)13;/h1,3-4H;/q-1;. The smallest absolute Gasteiger partial charge is 0.277 e. The Bertz CT molecular complexity index is 672. The summed E-state index contributed by atoms with van der Waals surface area (Å²) < 4.78 is 117. The maximum Gasteiger partial charge on any atom is 0.517 e. The molecule has 1 heterocycles. The Morgan fingerprint density at radius 2 is 1.36 bits per heavy atom. The summed E-state index contributed by atoms with van der Waals surface area (Å²) in [6.45, 7) is 0. The first-order valence-electron chi connectivity index (χ1n) is 4.48. The first-order chi connectivity index (χ1) is 9.23. The predicted molar refractivity (Wildman–Crippen MR) is 55.5 cm³/mol. The molecule has 0 amide bonds. The third-order valence-corrected chi connectivity index (χ3v) is 5.40. The Kier molecular flexibility index (Phi) is 4.70. The Hall–Kier alpha value is -2.57. The minimum Gasteiger partial charge on any atom is -0.277 e. The van der Waals surface area contributed by atoms with Gasteiger partial charge < -0.3 is 0 Å². The van der Waals surface area contributed by atoms with Crippen LogP contribution in [-0.2, 0) is 20.0 Å². The normalized spacial score (nSPS) is 13.4. The first kappa shape index (κ1) is 19.4. The van der Waals surface area contributed by atoms with E-state index in [1.807, 2.05) is 0 Å². The van der Waals surface area contributed by atoms with Gasteiger partial charge >= 0.3 is 31.1 Å². The summed E-state index contributed by atoms with van der Waals surface area (Å²) in [6.07, 6.45) is 0.500. The van der Waals surface area contributed by atoms with E-state index in [9.17, 15) is 43.2 Å². The Balaban J connectivity index is 0.00000441. The molecule has 0 aliphatic carbocycles. The molecular formula is C7H3CfF6N2O4S2-. The summed E-state index contributed by atoms with van der Waals surface area (Å²) in [6, 6.07) is 3.08. The summed E-state index contributed by atoms with van der Waals surface area (Å²) in [5, 5.41) is 0. The topological polar surface area (TPSA) is 84.4 Å². The predicted octanol–water partition coefficient (Wildman–Crippen LogP) is 1.39. The van der Waals surface area contributed by atoms with Crippen LogP contribution in [0.15, 0.2) is 18.3 Å². The van der Waals surface area contributed by atoms with Crippen LogP contribution in [-0.4, -0.2) is 32.8 Å². The van der Waals surface area contributed by atoms with E-state index in [2.05, 4.69) is 11.1 Å². The monoisotopic (exact) mass is 606 g/mol. The second-order valence-corrected chi connectivity index (χ2v) is 7.00. The number of nitrogens with zero attached hydrogens (tertiary/aromatic N) is 2. The molecule has 1 rings (SSSR count). The average molecular weight is 608 g/mol. The van der Waals surface area contributed by atoms with Crippen LogP contribution in [0.1, 0.15) is 0 Å². The van der Waals surface area contributed by atoms with Gasteiger partial charge in [0.2, 0.25) is 0 Å². The van der Waals surface area contributed by atoms with Crippen molar-refractivity contribution in [3.63, 3.8) is 0 Å². The van der Waals surface area contributed by atoms with Crippen LogP contribution in [0.5, 0.6) is 0 Å². The number of rotatable bonds is 3. The molecule has 0 bridgehead atoms. The number of alkyl halides is 6. The molecule has 0 radical (unpaired) electrons. The SMILES string of the molecule is O=S(=O)(N(c1cc[c-]cn1)S(=O)(=O)C(F)(F)F)C(F)(F)F.[Cf]. The minimum atomic E-state index is -6.88. The van der Waals surface area contributed by atoms with E-state index >= 15 is 0 Å². The number of pyridine rings is 1. The van der Waals surface area contributed by atoms with E-state index in [0.717, 1.165) is 0 Å². The molecular weight excluding hydrogens is 605 g/mol. The fourth-order valence-corrected chi connectivity index (χ4v) is 3.61. The van der Waals surface area contributed by atoms with Gasteiger partial charge in [0.05, 0.1) is 5.82 Å². The van der Waals surface area contributed by atoms with Gasteiger partial charge in [0, 0.05) is 0 Å². The van der Waals surface area contributed by atoms with Crippen molar-refractivity contribution in [2.24, 2.45) is 0 Å². The number of sulfonamides is 2.